The summed E-state index contributed by atoms with van der Waals surface area (Å²) in [6.45, 7) is 7.09. The first kappa shape index (κ1) is 15.4. The SMILES string of the molecule is Cc1ccc(C)c(S(=O)(=O)Nc2c(C)nn(C)c2C)c1N. The quantitative estimate of drug-likeness (QED) is 0.849. The highest BCUT2D eigenvalue weighted by atomic mass is 32.2. The van der Waals surface area contributed by atoms with E-state index in [0.29, 0.717) is 16.9 Å². The van der Waals surface area contributed by atoms with Gasteiger partial charge in [-0.3, -0.25) is 9.40 Å². The first-order valence-electron chi connectivity index (χ1n) is 6.54. The lowest BCUT2D eigenvalue weighted by atomic mass is 10.1. The normalized spacial score (nSPS) is 11.7. The zero-order valence-corrected chi connectivity index (χ0v) is 13.7. The number of sulfonamides is 1. The maximum absolute atomic E-state index is 12.7. The van der Waals surface area contributed by atoms with Crippen molar-refractivity contribution in [2.75, 3.05) is 10.5 Å². The fourth-order valence-electron chi connectivity index (χ4n) is 2.27. The van der Waals surface area contributed by atoms with Gasteiger partial charge >= 0.3 is 0 Å². The predicted molar refractivity (Wildman–Crippen MR) is 83.8 cm³/mol. The maximum atomic E-state index is 12.7. The molecule has 1 aromatic heterocycles. The molecule has 0 radical (unpaired) electrons. The molecule has 0 aliphatic carbocycles. The Bertz CT molecular complexity index is 807. The van der Waals surface area contributed by atoms with Crippen LogP contribution in [-0.2, 0) is 17.1 Å². The molecule has 1 aromatic carbocycles. The zero-order valence-electron chi connectivity index (χ0n) is 12.9. The van der Waals surface area contributed by atoms with Gasteiger partial charge in [0.05, 0.1) is 22.8 Å². The summed E-state index contributed by atoms with van der Waals surface area (Å²) in [5.41, 5.74) is 9.47. The number of nitrogens with one attached hydrogen (secondary N) is 1. The van der Waals surface area contributed by atoms with E-state index in [0.717, 1.165) is 11.3 Å². The second kappa shape index (κ2) is 5.07. The molecule has 7 heteroatoms. The molecule has 0 aliphatic heterocycles. The van der Waals surface area contributed by atoms with Gasteiger partial charge in [-0.1, -0.05) is 12.1 Å². The molecule has 0 aliphatic rings. The van der Waals surface area contributed by atoms with Crippen molar-refractivity contribution in [3.05, 3.63) is 34.6 Å². The van der Waals surface area contributed by atoms with E-state index in [4.69, 9.17) is 5.73 Å². The first-order chi connectivity index (χ1) is 9.65. The molecule has 0 bridgehead atoms. The third kappa shape index (κ3) is 2.61. The third-order valence-corrected chi connectivity index (χ3v) is 5.18. The number of hydrogen-bond donors (Lipinski definition) is 2. The Balaban J connectivity index is 2.57. The highest BCUT2D eigenvalue weighted by molar-refractivity contribution is 7.93. The van der Waals surface area contributed by atoms with Gasteiger partial charge in [-0.15, -0.1) is 0 Å². The van der Waals surface area contributed by atoms with Crippen LogP contribution in [0, 0.1) is 27.7 Å². The molecule has 0 amide bonds. The molecule has 0 atom stereocenters. The van der Waals surface area contributed by atoms with Gasteiger partial charge in [0.15, 0.2) is 0 Å². The van der Waals surface area contributed by atoms with E-state index in [1.54, 1.807) is 38.6 Å². The highest BCUT2D eigenvalue weighted by Gasteiger charge is 2.24. The first-order valence-corrected chi connectivity index (χ1v) is 8.02. The van der Waals surface area contributed by atoms with Crippen LogP contribution in [0.25, 0.3) is 0 Å². The van der Waals surface area contributed by atoms with Gasteiger partial charge in [-0.05, 0) is 38.8 Å². The number of nitrogens with two attached hydrogens (primary N) is 1. The minimum Gasteiger partial charge on any atom is -0.397 e. The molecule has 2 aromatic rings. The number of benzene rings is 1. The van der Waals surface area contributed by atoms with Crippen molar-refractivity contribution >= 4 is 21.4 Å². The number of hydrogen-bond acceptors (Lipinski definition) is 4. The maximum Gasteiger partial charge on any atom is 0.264 e. The van der Waals surface area contributed by atoms with Gasteiger partial charge in [0.1, 0.15) is 4.90 Å². The Hall–Kier alpha value is -2.02. The predicted octanol–water partition coefficient (Wildman–Crippen LogP) is 2.04. The van der Waals surface area contributed by atoms with Gasteiger partial charge in [0, 0.05) is 7.05 Å². The summed E-state index contributed by atoms with van der Waals surface area (Å²) < 4.78 is 29.6. The number of aromatic nitrogens is 2. The Kier molecular flexibility index (Phi) is 3.71. The van der Waals surface area contributed by atoms with Crippen molar-refractivity contribution < 1.29 is 8.42 Å². The van der Waals surface area contributed by atoms with E-state index in [1.807, 2.05) is 13.0 Å². The van der Waals surface area contributed by atoms with Crippen LogP contribution in [0.3, 0.4) is 0 Å². The fraction of sp³-hybridized carbons (Fsp3) is 0.357. The molecule has 0 spiro atoms. The molecule has 114 valence electrons. The number of aryl methyl sites for hydroxylation is 4. The largest absolute Gasteiger partial charge is 0.397 e. The molecule has 6 nitrogen and oxygen atoms in total. The standard InChI is InChI=1S/C14H20N4O2S/c1-8-6-7-9(2)14(12(8)15)21(19,20)17-13-10(3)16-18(5)11(13)4/h6-7,17H,15H2,1-5H3. The molecule has 3 N–H and O–H groups in total. The molecule has 2 rings (SSSR count). The summed E-state index contributed by atoms with van der Waals surface area (Å²) in [5, 5.41) is 4.21. The molecule has 21 heavy (non-hydrogen) atoms. The lowest BCUT2D eigenvalue weighted by molar-refractivity contribution is 0.601. The molecular formula is C14H20N4O2S. The Morgan fingerprint density at radius 2 is 1.71 bits per heavy atom. The Labute approximate surface area is 125 Å². The number of nitrogens with zero attached hydrogens (tertiary/aromatic N) is 2. The second-order valence-corrected chi connectivity index (χ2v) is 6.84. The lowest BCUT2D eigenvalue weighted by Crippen LogP contribution is -2.17. The Morgan fingerprint density at radius 1 is 1.14 bits per heavy atom. The van der Waals surface area contributed by atoms with Crippen LogP contribution < -0.4 is 10.5 Å². The molecule has 1 heterocycles. The summed E-state index contributed by atoms with van der Waals surface area (Å²) in [6, 6.07) is 3.56. The van der Waals surface area contributed by atoms with E-state index < -0.39 is 10.0 Å². The topological polar surface area (TPSA) is 90.0 Å². The highest BCUT2D eigenvalue weighted by Crippen LogP contribution is 2.29. The summed E-state index contributed by atoms with van der Waals surface area (Å²) in [6.07, 6.45) is 0. The van der Waals surface area contributed by atoms with E-state index in [1.165, 1.54) is 0 Å². The van der Waals surface area contributed by atoms with Crippen LogP contribution in [-0.4, -0.2) is 18.2 Å². The molecular weight excluding hydrogens is 288 g/mol. The van der Waals surface area contributed by atoms with E-state index in [9.17, 15) is 8.42 Å². The van der Waals surface area contributed by atoms with Crippen molar-refractivity contribution in [2.45, 2.75) is 32.6 Å². The smallest absolute Gasteiger partial charge is 0.264 e. The monoisotopic (exact) mass is 308 g/mol. The molecule has 0 unspecified atom stereocenters. The van der Waals surface area contributed by atoms with Crippen LogP contribution in [0.4, 0.5) is 11.4 Å². The van der Waals surface area contributed by atoms with Gasteiger partial charge in [0.2, 0.25) is 0 Å². The summed E-state index contributed by atoms with van der Waals surface area (Å²) >= 11 is 0. The van der Waals surface area contributed by atoms with Gasteiger partial charge < -0.3 is 5.73 Å². The van der Waals surface area contributed by atoms with Crippen LogP contribution in [0.15, 0.2) is 17.0 Å². The van der Waals surface area contributed by atoms with Crippen molar-refractivity contribution in [1.29, 1.82) is 0 Å². The minimum absolute atomic E-state index is 0.130. The Morgan fingerprint density at radius 3 is 2.24 bits per heavy atom. The summed E-state index contributed by atoms with van der Waals surface area (Å²) in [5.74, 6) is 0. The van der Waals surface area contributed by atoms with Crippen molar-refractivity contribution in [3.63, 3.8) is 0 Å². The van der Waals surface area contributed by atoms with Crippen LogP contribution in [0.5, 0.6) is 0 Å². The third-order valence-electron chi connectivity index (χ3n) is 3.63. The summed E-state index contributed by atoms with van der Waals surface area (Å²) in [4.78, 5) is 0.130. The van der Waals surface area contributed by atoms with Crippen molar-refractivity contribution in [1.82, 2.24) is 9.78 Å². The van der Waals surface area contributed by atoms with Crippen LogP contribution >= 0.6 is 0 Å². The minimum atomic E-state index is -3.76. The molecule has 0 saturated heterocycles. The average Bonchev–Trinajstić information content (AvgIpc) is 2.60. The summed E-state index contributed by atoms with van der Waals surface area (Å²) in [7, 11) is -1.99. The number of nitrogen functional groups attached to an aromatic ring is 1. The average molecular weight is 308 g/mol. The zero-order chi connectivity index (χ0) is 15.9. The van der Waals surface area contributed by atoms with Gasteiger partial charge in [0.25, 0.3) is 10.0 Å². The van der Waals surface area contributed by atoms with E-state index in [-0.39, 0.29) is 10.6 Å². The van der Waals surface area contributed by atoms with Gasteiger partial charge in [-0.2, -0.15) is 5.10 Å². The molecule has 0 saturated carbocycles. The fourth-order valence-corrected chi connectivity index (χ4v) is 3.88. The molecule has 0 fully saturated rings. The van der Waals surface area contributed by atoms with Gasteiger partial charge in [-0.25, -0.2) is 8.42 Å². The van der Waals surface area contributed by atoms with Crippen LogP contribution in [0.1, 0.15) is 22.5 Å². The second-order valence-electron chi connectivity index (χ2n) is 5.22. The number of rotatable bonds is 3. The van der Waals surface area contributed by atoms with Crippen molar-refractivity contribution in [3.8, 4) is 0 Å². The van der Waals surface area contributed by atoms with Crippen molar-refractivity contribution in [2.24, 2.45) is 7.05 Å². The van der Waals surface area contributed by atoms with E-state index in [2.05, 4.69) is 9.82 Å². The van der Waals surface area contributed by atoms with Crippen LogP contribution in [0.2, 0.25) is 0 Å². The number of anilines is 2. The van der Waals surface area contributed by atoms with E-state index >= 15 is 0 Å². The lowest BCUT2D eigenvalue weighted by Gasteiger charge is -2.14.